The molecule has 38 heavy (non-hydrogen) atoms. The molecule has 0 unspecified atom stereocenters. The van der Waals surface area contributed by atoms with Crippen LogP contribution in [0.25, 0.3) is 0 Å². The minimum absolute atomic E-state index is 0.0828. The molecule has 0 aromatic heterocycles. The number of para-hydroxylation sites is 1. The van der Waals surface area contributed by atoms with Crippen molar-refractivity contribution in [2.24, 2.45) is 0 Å². The van der Waals surface area contributed by atoms with Crippen molar-refractivity contribution in [1.29, 1.82) is 0 Å². The average Bonchev–Trinajstić information content (AvgIpc) is 2.90. The summed E-state index contributed by atoms with van der Waals surface area (Å²) in [6.45, 7) is 6.96. The standard InChI is InChI=1S/C29H34FN3O4S/c1-5-22(3)31-29(35)23(4)32(19-24-11-9-10-21(2)18-24)28(34)20-33(26-12-7-6-8-13-26)38(36,37)27-16-14-25(30)15-17-27/h6-18,22-23H,5,19-20H2,1-4H3,(H,31,35)/t22-,23-/m0/s1. The van der Waals surface area contributed by atoms with Crippen LogP contribution < -0.4 is 9.62 Å². The lowest BCUT2D eigenvalue weighted by molar-refractivity contribution is -0.139. The van der Waals surface area contributed by atoms with Crippen molar-refractivity contribution >= 4 is 27.5 Å². The molecule has 0 aliphatic rings. The van der Waals surface area contributed by atoms with Gasteiger partial charge in [0.25, 0.3) is 10.0 Å². The van der Waals surface area contributed by atoms with Gasteiger partial charge in [0, 0.05) is 12.6 Å². The molecule has 0 bridgehead atoms. The molecular formula is C29H34FN3O4S. The minimum Gasteiger partial charge on any atom is -0.352 e. The monoisotopic (exact) mass is 539 g/mol. The topological polar surface area (TPSA) is 86.8 Å². The molecule has 2 amide bonds. The van der Waals surface area contributed by atoms with E-state index in [1.54, 1.807) is 37.3 Å². The minimum atomic E-state index is -4.23. The van der Waals surface area contributed by atoms with Gasteiger partial charge in [-0.3, -0.25) is 13.9 Å². The van der Waals surface area contributed by atoms with Gasteiger partial charge < -0.3 is 10.2 Å². The Kier molecular flexibility index (Phi) is 9.63. The van der Waals surface area contributed by atoms with Crippen LogP contribution in [0.15, 0.2) is 83.8 Å². The van der Waals surface area contributed by atoms with Crippen LogP contribution in [0.4, 0.5) is 10.1 Å². The van der Waals surface area contributed by atoms with Crippen LogP contribution in [0.1, 0.15) is 38.3 Å². The number of aryl methyl sites for hydroxylation is 1. The molecule has 0 fully saturated rings. The largest absolute Gasteiger partial charge is 0.352 e. The quantitative estimate of drug-likeness (QED) is 0.384. The Balaban J connectivity index is 2.00. The number of hydrogen-bond donors (Lipinski definition) is 1. The number of amides is 2. The first-order valence-corrected chi connectivity index (χ1v) is 14.0. The molecule has 3 rings (SSSR count). The number of sulfonamides is 1. The second-order valence-electron chi connectivity index (χ2n) is 9.31. The summed E-state index contributed by atoms with van der Waals surface area (Å²) in [5.41, 5.74) is 2.09. The Morgan fingerprint density at radius 1 is 0.947 bits per heavy atom. The van der Waals surface area contributed by atoms with E-state index in [1.807, 2.05) is 45.0 Å². The number of rotatable bonds is 11. The molecule has 7 nitrogen and oxygen atoms in total. The third-order valence-electron chi connectivity index (χ3n) is 6.33. The second-order valence-corrected chi connectivity index (χ2v) is 11.2. The van der Waals surface area contributed by atoms with Crippen molar-refractivity contribution in [3.63, 3.8) is 0 Å². The lowest BCUT2D eigenvalue weighted by Crippen LogP contribution is -2.52. The molecule has 0 saturated heterocycles. The van der Waals surface area contributed by atoms with E-state index in [9.17, 15) is 22.4 Å². The molecule has 0 saturated carbocycles. The Morgan fingerprint density at radius 2 is 1.61 bits per heavy atom. The zero-order valence-corrected chi connectivity index (χ0v) is 22.9. The van der Waals surface area contributed by atoms with E-state index >= 15 is 0 Å². The Labute approximate surface area is 224 Å². The fraction of sp³-hybridized carbons (Fsp3) is 0.310. The molecule has 3 aromatic carbocycles. The molecule has 0 spiro atoms. The van der Waals surface area contributed by atoms with Crippen molar-refractivity contribution in [1.82, 2.24) is 10.2 Å². The van der Waals surface area contributed by atoms with Crippen LogP contribution in [0.2, 0.25) is 0 Å². The fourth-order valence-electron chi connectivity index (χ4n) is 3.91. The average molecular weight is 540 g/mol. The maximum absolute atomic E-state index is 13.8. The zero-order valence-electron chi connectivity index (χ0n) is 22.1. The van der Waals surface area contributed by atoms with Gasteiger partial charge in [0.2, 0.25) is 11.8 Å². The van der Waals surface area contributed by atoms with Gasteiger partial charge in [-0.05, 0) is 69.2 Å². The number of carbonyl (C=O) groups excluding carboxylic acids is 2. The number of carbonyl (C=O) groups is 2. The summed E-state index contributed by atoms with van der Waals surface area (Å²) in [4.78, 5) is 28.1. The van der Waals surface area contributed by atoms with Crippen LogP contribution in [0.5, 0.6) is 0 Å². The van der Waals surface area contributed by atoms with Gasteiger partial charge in [-0.2, -0.15) is 0 Å². The van der Waals surface area contributed by atoms with Crippen molar-refractivity contribution < 1.29 is 22.4 Å². The van der Waals surface area contributed by atoms with Gasteiger partial charge >= 0.3 is 0 Å². The predicted octanol–water partition coefficient (Wildman–Crippen LogP) is 4.66. The van der Waals surface area contributed by atoms with E-state index in [2.05, 4.69) is 5.32 Å². The highest BCUT2D eigenvalue weighted by molar-refractivity contribution is 7.92. The summed E-state index contributed by atoms with van der Waals surface area (Å²) in [5, 5.41) is 2.91. The van der Waals surface area contributed by atoms with E-state index in [0.717, 1.165) is 46.1 Å². The molecule has 0 aliphatic carbocycles. The maximum Gasteiger partial charge on any atom is 0.264 e. The SMILES string of the molecule is CC[C@H](C)NC(=O)[C@H](C)N(Cc1cccc(C)c1)C(=O)CN(c1ccccc1)S(=O)(=O)c1ccc(F)cc1. The van der Waals surface area contributed by atoms with Gasteiger partial charge in [0.15, 0.2) is 0 Å². The normalized spacial score (nSPS) is 12.9. The van der Waals surface area contributed by atoms with Crippen molar-refractivity contribution in [3.05, 3.63) is 95.8 Å². The number of nitrogens with zero attached hydrogens (tertiary/aromatic N) is 2. The van der Waals surface area contributed by atoms with Gasteiger partial charge in [0.1, 0.15) is 18.4 Å². The zero-order chi connectivity index (χ0) is 27.9. The molecule has 9 heteroatoms. The molecule has 0 heterocycles. The van der Waals surface area contributed by atoms with Crippen LogP contribution in [0, 0.1) is 12.7 Å². The number of hydrogen-bond acceptors (Lipinski definition) is 4. The Morgan fingerprint density at radius 3 is 2.21 bits per heavy atom. The van der Waals surface area contributed by atoms with Crippen LogP contribution in [-0.2, 0) is 26.2 Å². The summed E-state index contributed by atoms with van der Waals surface area (Å²) < 4.78 is 41.8. The third-order valence-corrected chi connectivity index (χ3v) is 8.12. The molecule has 2 atom stereocenters. The smallest absolute Gasteiger partial charge is 0.264 e. The van der Waals surface area contributed by atoms with E-state index in [-0.39, 0.29) is 29.1 Å². The van der Waals surface area contributed by atoms with E-state index in [4.69, 9.17) is 0 Å². The van der Waals surface area contributed by atoms with Gasteiger partial charge in [-0.1, -0.05) is 55.0 Å². The van der Waals surface area contributed by atoms with E-state index < -0.39 is 34.3 Å². The third kappa shape index (κ3) is 7.19. The molecule has 0 aliphatic heterocycles. The lowest BCUT2D eigenvalue weighted by Gasteiger charge is -2.32. The van der Waals surface area contributed by atoms with Crippen molar-refractivity contribution in [3.8, 4) is 0 Å². The number of halogens is 1. The highest BCUT2D eigenvalue weighted by Gasteiger charge is 2.32. The van der Waals surface area contributed by atoms with E-state index in [1.165, 1.54) is 4.90 Å². The summed E-state index contributed by atoms with van der Waals surface area (Å²) in [5.74, 6) is -1.45. The van der Waals surface area contributed by atoms with Crippen molar-refractivity contribution in [2.75, 3.05) is 10.8 Å². The number of anilines is 1. The molecule has 202 valence electrons. The summed E-state index contributed by atoms with van der Waals surface area (Å²) in [6, 6.07) is 19.3. The summed E-state index contributed by atoms with van der Waals surface area (Å²) in [6.07, 6.45) is 0.724. The first-order valence-electron chi connectivity index (χ1n) is 12.5. The summed E-state index contributed by atoms with van der Waals surface area (Å²) >= 11 is 0. The van der Waals surface area contributed by atoms with Crippen LogP contribution in [-0.4, -0.2) is 43.8 Å². The van der Waals surface area contributed by atoms with Crippen molar-refractivity contribution in [2.45, 2.75) is 57.6 Å². The summed E-state index contributed by atoms with van der Waals surface area (Å²) in [7, 11) is -4.23. The van der Waals surface area contributed by atoms with Crippen LogP contribution >= 0.6 is 0 Å². The first-order chi connectivity index (χ1) is 18.0. The highest BCUT2D eigenvalue weighted by atomic mass is 32.2. The molecule has 1 N–H and O–H groups in total. The molecule has 0 radical (unpaired) electrons. The maximum atomic E-state index is 13.8. The molecule has 3 aromatic rings. The lowest BCUT2D eigenvalue weighted by atomic mass is 10.1. The highest BCUT2D eigenvalue weighted by Crippen LogP contribution is 2.24. The number of nitrogens with one attached hydrogen (secondary N) is 1. The Bertz CT molecular complexity index is 1350. The number of benzene rings is 3. The van der Waals surface area contributed by atoms with Gasteiger partial charge in [0.05, 0.1) is 10.6 Å². The first kappa shape index (κ1) is 28.8. The predicted molar refractivity (Wildman–Crippen MR) is 146 cm³/mol. The Hall–Kier alpha value is -3.72. The van der Waals surface area contributed by atoms with E-state index in [0.29, 0.717) is 0 Å². The van der Waals surface area contributed by atoms with Crippen LogP contribution in [0.3, 0.4) is 0 Å². The second kappa shape index (κ2) is 12.7. The molecular weight excluding hydrogens is 505 g/mol. The fourth-order valence-corrected chi connectivity index (χ4v) is 5.33. The van der Waals surface area contributed by atoms with Gasteiger partial charge in [-0.15, -0.1) is 0 Å². The van der Waals surface area contributed by atoms with Gasteiger partial charge in [-0.25, -0.2) is 12.8 Å².